The topological polar surface area (TPSA) is 175 Å². The monoisotopic (exact) mass is 477 g/mol. The van der Waals surface area contributed by atoms with Crippen LogP contribution in [0.5, 0.6) is 0 Å². The standard InChI is InChI=1S/C17H27N5O9S/c1-17(2,3)30-16(26)20-7-6-10(8-20)13(23)18-19-14(24)12-5-4-11-9-21(12)15(25)22(11)31-32(27,28)29/h10-12H,4-9H2,1-3H3,(H,18,23)(H,19,24)(H,27,28,29)/t10-,11-,12+/m1/s1. The molecule has 3 heterocycles. The molecule has 180 valence electrons. The van der Waals surface area contributed by atoms with Gasteiger partial charge >= 0.3 is 22.5 Å². The van der Waals surface area contributed by atoms with Crippen LogP contribution in [0.4, 0.5) is 9.59 Å². The van der Waals surface area contributed by atoms with Crippen LogP contribution >= 0.6 is 0 Å². The molecule has 0 aromatic heterocycles. The van der Waals surface area contributed by atoms with Crippen LogP contribution in [0, 0.1) is 5.92 Å². The van der Waals surface area contributed by atoms with E-state index in [9.17, 15) is 27.6 Å². The van der Waals surface area contributed by atoms with Crippen molar-refractivity contribution in [2.45, 2.75) is 57.7 Å². The third-order valence-corrected chi connectivity index (χ3v) is 5.67. The van der Waals surface area contributed by atoms with Gasteiger partial charge in [-0.05, 0) is 40.0 Å². The number of rotatable bonds is 4. The highest BCUT2D eigenvalue weighted by Gasteiger charge is 2.49. The van der Waals surface area contributed by atoms with Gasteiger partial charge in [0.1, 0.15) is 11.6 Å². The summed E-state index contributed by atoms with van der Waals surface area (Å²) in [4.78, 5) is 52.0. The zero-order valence-electron chi connectivity index (χ0n) is 17.9. The van der Waals surface area contributed by atoms with Crippen LogP contribution in [0.2, 0.25) is 0 Å². The Morgan fingerprint density at radius 1 is 1.06 bits per heavy atom. The van der Waals surface area contributed by atoms with Gasteiger partial charge in [0.2, 0.25) is 5.91 Å². The second kappa shape index (κ2) is 8.71. The highest BCUT2D eigenvalue weighted by atomic mass is 32.3. The lowest BCUT2D eigenvalue weighted by molar-refractivity contribution is -0.133. The molecule has 5 amide bonds. The van der Waals surface area contributed by atoms with Crippen molar-refractivity contribution >= 4 is 34.3 Å². The summed E-state index contributed by atoms with van der Waals surface area (Å²) in [6, 6.07) is -2.45. The number of fused-ring (bicyclic) bond motifs is 2. The molecule has 3 saturated heterocycles. The van der Waals surface area contributed by atoms with Crippen LogP contribution in [0.15, 0.2) is 0 Å². The van der Waals surface area contributed by atoms with Crippen molar-refractivity contribution in [1.82, 2.24) is 25.7 Å². The van der Waals surface area contributed by atoms with E-state index in [-0.39, 0.29) is 25.9 Å². The first-order valence-corrected chi connectivity index (χ1v) is 11.5. The predicted octanol–water partition coefficient (Wildman–Crippen LogP) is -0.606. The highest BCUT2D eigenvalue weighted by Crippen LogP contribution is 2.30. The zero-order chi connectivity index (χ0) is 23.8. The summed E-state index contributed by atoms with van der Waals surface area (Å²) in [6.45, 7) is 5.76. The first kappa shape index (κ1) is 24.0. The van der Waals surface area contributed by atoms with Gasteiger partial charge in [-0.2, -0.15) is 13.5 Å². The summed E-state index contributed by atoms with van der Waals surface area (Å²) >= 11 is 0. The minimum absolute atomic E-state index is 0.0356. The van der Waals surface area contributed by atoms with E-state index in [4.69, 9.17) is 9.29 Å². The van der Waals surface area contributed by atoms with Gasteiger partial charge in [0.15, 0.2) is 0 Å². The van der Waals surface area contributed by atoms with Crippen LogP contribution in [-0.4, -0.2) is 89.1 Å². The van der Waals surface area contributed by atoms with Crippen molar-refractivity contribution in [3.63, 3.8) is 0 Å². The van der Waals surface area contributed by atoms with E-state index in [2.05, 4.69) is 15.1 Å². The number of nitrogens with zero attached hydrogens (tertiary/aromatic N) is 3. The largest absolute Gasteiger partial charge is 0.444 e. The molecule has 3 N–H and O–H groups in total. The molecule has 0 unspecified atom stereocenters. The lowest BCUT2D eigenvalue weighted by Crippen LogP contribution is -2.55. The predicted molar refractivity (Wildman–Crippen MR) is 106 cm³/mol. The number of amides is 5. The minimum atomic E-state index is -4.88. The Balaban J connectivity index is 1.49. The zero-order valence-corrected chi connectivity index (χ0v) is 18.8. The van der Waals surface area contributed by atoms with Gasteiger partial charge in [0.05, 0.1) is 12.0 Å². The van der Waals surface area contributed by atoms with E-state index in [0.29, 0.717) is 18.0 Å². The Morgan fingerprint density at radius 3 is 2.34 bits per heavy atom. The summed E-state index contributed by atoms with van der Waals surface area (Å²) in [7, 11) is -4.88. The van der Waals surface area contributed by atoms with Crippen LogP contribution in [0.1, 0.15) is 40.0 Å². The first-order valence-electron chi connectivity index (χ1n) is 10.1. The average molecular weight is 477 g/mol. The van der Waals surface area contributed by atoms with Crippen LogP contribution in [0.25, 0.3) is 0 Å². The number of hydroxylamine groups is 2. The summed E-state index contributed by atoms with van der Waals surface area (Å²) < 4.78 is 40.3. The van der Waals surface area contributed by atoms with Crippen molar-refractivity contribution in [3.05, 3.63) is 0 Å². The van der Waals surface area contributed by atoms with Gasteiger partial charge < -0.3 is 14.5 Å². The maximum absolute atomic E-state index is 12.5. The van der Waals surface area contributed by atoms with Gasteiger partial charge in [-0.1, -0.05) is 0 Å². The fourth-order valence-electron chi connectivity index (χ4n) is 3.88. The maximum atomic E-state index is 12.5. The Labute approximate surface area is 185 Å². The average Bonchev–Trinajstić information content (AvgIpc) is 3.24. The van der Waals surface area contributed by atoms with Crippen molar-refractivity contribution in [1.29, 1.82) is 0 Å². The lowest BCUT2D eigenvalue weighted by Gasteiger charge is -2.29. The van der Waals surface area contributed by atoms with E-state index in [1.807, 2.05) is 0 Å². The molecule has 15 heteroatoms. The summed E-state index contributed by atoms with van der Waals surface area (Å²) in [5.41, 5.74) is 3.95. The summed E-state index contributed by atoms with van der Waals surface area (Å²) in [5.74, 6) is -1.67. The van der Waals surface area contributed by atoms with Crippen molar-refractivity contribution in [3.8, 4) is 0 Å². The molecule has 0 aromatic rings. The van der Waals surface area contributed by atoms with Crippen molar-refractivity contribution < 1.29 is 41.2 Å². The molecule has 0 aliphatic carbocycles. The summed E-state index contributed by atoms with van der Waals surface area (Å²) in [6.07, 6.45) is 0.354. The second-order valence-electron chi connectivity index (χ2n) is 8.90. The van der Waals surface area contributed by atoms with Gasteiger partial charge in [-0.15, -0.1) is 4.28 Å². The fraction of sp³-hybridized carbons (Fsp3) is 0.765. The summed E-state index contributed by atoms with van der Waals surface area (Å²) in [5, 5.41) is 0.533. The Morgan fingerprint density at radius 2 is 1.72 bits per heavy atom. The van der Waals surface area contributed by atoms with Crippen LogP contribution < -0.4 is 10.9 Å². The number of hydrogen-bond acceptors (Lipinski definition) is 8. The van der Waals surface area contributed by atoms with Crippen molar-refractivity contribution in [2.24, 2.45) is 5.92 Å². The Kier molecular flexibility index (Phi) is 6.53. The SMILES string of the molecule is CC(C)(C)OC(=O)N1CC[C@@H](C(=O)NNC(=O)[C@@H]2CC[C@@H]3CN2C(=O)N3OS(=O)(=O)O)C1. The van der Waals surface area contributed by atoms with E-state index in [1.54, 1.807) is 20.8 Å². The molecular formula is C17H27N5O9S. The molecule has 3 aliphatic rings. The van der Waals surface area contributed by atoms with Crippen LogP contribution in [-0.2, 0) is 29.0 Å². The Hall–Kier alpha value is -2.65. The molecule has 2 bridgehead atoms. The number of nitrogens with one attached hydrogen (secondary N) is 2. The molecule has 32 heavy (non-hydrogen) atoms. The lowest BCUT2D eigenvalue weighted by atomic mass is 10.0. The molecule has 3 rings (SSSR count). The fourth-order valence-corrected chi connectivity index (χ4v) is 4.27. The molecule has 0 radical (unpaired) electrons. The molecule has 3 fully saturated rings. The number of urea groups is 1. The van der Waals surface area contributed by atoms with Crippen molar-refractivity contribution in [2.75, 3.05) is 19.6 Å². The number of carbonyl (C=O) groups excluding carboxylic acids is 4. The number of hydrogen-bond donors (Lipinski definition) is 3. The smallest absolute Gasteiger partial charge is 0.418 e. The molecule has 14 nitrogen and oxygen atoms in total. The van der Waals surface area contributed by atoms with E-state index in [0.717, 1.165) is 4.90 Å². The molecular weight excluding hydrogens is 450 g/mol. The number of ether oxygens (including phenoxy) is 1. The van der Waals surface area contributed by atoms with Gasteiger partial charge in [-0.3, -0.25) is 25.0 Å². The molecule has 0 spiro atoms. The van der Waals surface area contributed by atoms with E-state index >= 15 is 0 Å². The normalized spacial score (nSPS) is 25.7. The number of likely N-dealkylation sites (tertiary alicyclic amines) is 1. The van der Waals surface area contributed by atoms with Gasteiger partial charge in [0.25, 0.3) is 5.91 Å². The maximum Gasteiger partial charge on any atom is 0.418 e. The van der Waals surface area contributed by atoms with Gasteiger partial charge in [-0.25, -0.2) is 9.59 Å². The van der Waals surface area contributed by atoms with Gasteiger partial charge in [0, 0.05) is 19.6 Å². The van der Waals surface area contributed by atoms with Crippen LogP contribution in [0.3, 0.4) is 0 Å². The van der Waals surface area contributed by atoms with E-state index in [1.165, 1.54) is 4.90 Å². The quantitative estimate of drug-likeness (QED) is 0.352. The number of piperidine rings is 1. The molecule has 3 aliphatic heterocycles. The highest BCUT2D eigenvalue weighted by molar-refractivity contribution is 7.80. The third kappa shape index (κ3) is 5.58. The number of carbonyl (C=O) groups is 4. The second-order valence-corrected chi connectivity index (χ2v) is 9.90. The molecule has 3 atom stereocenters. The third-order valence-electron chi connectivity index (χ3n) is 5.32. The first-order chi connectivity index (χ1) is 14.7. The number of hydrazine groups is 1. The molecule has 0 saturated carbocycles. The van der Waals surface area contributed by atoms with E-state index < -0.39 is 57.9 Å². The molecule has 0 aromatic carbocycles. The minimum Gasteiger partial charge on any atom is -0.444 e. The Bertz CT molecular complexity index is 903.